The molecule has 0 saturated heterocycles. The average molecular weight is 234 g/mol. The van der Waals surface area contributed by atoms with Crippen molar-refractivity contribution in [3.05, 3.63) is 35.4 Å². The molecule has 1 aromatic rings. The lowest BCUT2D eigenvalue weighted by atomic mass is 10.1. The Balaban J connectivity index is 2.88. The van der Waals surface area contributed by atoms with E-state index < -0.39 is 0 Å². The van der Waals surface area contributed by atoms with E-state index in [-0.39, 0.29) is 11.9 Å². The maximum atomic E-state index is 12.4. The monoisotopic (exact) mass is 234 g/mol. The highest BCUT2D eigenvalue weighted by Gasteiger charge is 2.19. The van der Waals surface area contributed by atoms with Gasteiger partial charge in [0.1, 0.15) is 0 Å². The second kappa shape index (κ2) is 6.40. The summed E-state index contributed by atoms with van der Waals surface area (Å²) in [6.07, 6.45) is 0.843. The van der Waals surface area contributed by atoms with Gasteiger partial charge in [-0.15, -0.1) is 0 Å². The summed E-state index contributed by atoms with van der Waals surface area (Å²) in [7, 11) is 0. The van der Waals surface area contributed by atoms with Crippen LogP contribution in [0.3, 0.4) is 0 Å². The maximum Gasteiger partial charge on any atom is 0.254 e. The number of hydrogen-bond acceptors (Lipinski definition) is 2. The molecular formula is C14H22N2O. The second-order valence-electron chi connectivity index (χ2n) is 4.55. The number of carbonyl (C=O) groups excluding carboxylic acids is 1. The molecule has 0 fully saturated rings. The van der Waals surface area contributed by atoms with Crippen LogP contribution in [0.15, 0.2) is 24.3 Å². The lowest BCUT2D eigenvalue weighted by molar-refractivity contribution is 0.0704. The van der Waals surface area contributed by atoms with Gasteiger partial charge >= 0.3 is 0 Å². The molecule has 0 aromatic heterocycles. The molecule has 17 heavy (non-hydrogen) atoms. The van der Waals surface area contributed by atoms with Crippen molar-refractivity contribution in [2.24, 2.45) is 5.73 Å². The quantitative estimate of drug-likeness (QED) is 0.849. The summed E-state index contributed by atoms with van der Waals surface area (Å²) in [5.41, 5.74) is 7.32. The zero-order valence-corrected chi connectivity index (χ0v) is 10.9. The molecule has 1 rings (SSSR count). The zero-order valence-electron chi connectivity index (χ0n) is 10.9. The van der Waals surface area contributed by atoms with Gasteiger partial charge in [0.25, 0.3) is 5.91 Å². The average Bonchev–Trinajstić information content (AvgIpc) is 2.29. The molecule has 0 radical (unpaired) electrons. The molecule has 0 saturated carbocycles. The number of amides is 1. The molecule has 0 unspecified atom stereocenters. The number of rotatable bonds is 5. The molecule has 0 aliphatic carbocycles. The number of aryl methyl sites for hydroxylation is 1. The summed E-state index contributed by atoms with van der Waals surface area (Å²) < 4.78 is 0. The summed E-state index contributed by atoms with van der Waals surface area (Å²) in [4.78, 5) is 14.3. The third-order valence-electron chi connectivity index (χ3n) is 2.86. The SMILES string of the molecule is Cc1ccccc1C(=O)N(CCCN)C(C)C. The molecule has 94 valence electrons. The summed E-state index contributed by atoms with van der Waals surface area (Å²) in [5.74, 6) is 0.103. The lowest BCUT2D eigenvalue weighted by Gasteiger charge is -2.27. The molecule has 1 aromatic carbocycles. The smallest absolute Gasteiger partial charge is 0.254 e. The number of benzene rings is 1. The van der Waals surface area contributed by atoms with E-state index in [0.717, 1.165) is 24.1 Å². The van der Waals surface area contributed by atoms with E-state index >= 15 is 0 Å². The zero-order chi connectivity index (χ0) is 12.8. The van der Waals surface area contributed by atoms with Gasteiger partial charge in [-0.2, -0.15) is 0 Å². The molecule has 0 aliphatic heterocycles. The van der Waals surface area contributed by atoms with Gasteiger partial charge in [0.05, 0.1) is 0 Å². The molecule has 0 aliphatic rings. The fraction of sp³-hybridized carbons (Fsp3) is 0.500. The van der Waals surface area contributed by atoms with Crippen molar-refractivity contribution >= 4 is 5.91 Å². The van der Waals surface area contributed by atoms with Crippen molar-refractivity contribution in [1.82, 2.24) is 4.90 Å². The van der Waals surface area contributed by atoms with Crippen molar-refractivity contribution in [3.63, 3.8) is 0 Å². The standard InChI is InChI=1S/C14H22N2O/c1-11(2)16(10-6-9-15)14(17)13-8-5-4-7-12(13)3/h4-5,7-8,11H,6,9-10,15H2,1-3H3. The van der Waals surface area contributed by atoms with E-state index in [2.05, 4.69) is 0 Å². The van der Waals surface area contributed by atoms with Crippen molar-refractivity contribution in [1.29, 1.82) is 0 Å². The number of hydrogen-bond donors (Lipinski definition) is 1. The molecule has 3 heteroatoms. The molecule has 3 nitrogen and oxygen atoms in total. The van der Waals surface area contributed by atoms with Crippen LogP contribution in [0.5, 0.6) is 0 Å². The third kappa shape index (κ3) is 3.56. The predicted molar refractivity (Wildman–Crippen MR) is 71.0 cm³/mol. The van der Waals surface area contributed by atoms with Crippen LogP contribution in [-0.4, -0.2) is 29.9 Å². The van der Waals surface area contributed by atoms with Gasteiger partial charge in [0.2, 0.25) is 0 Å². The summed E-state index contributed by atoms with van der Waals surface area (Å²) in [6, 6.07) is 7.91. The summed E-state index contributed by atoms with van der Waals surface area (Å²) in [6.45, 7) is 7.37. The maximum absolute atomic E-state index is 12.4. The van der Waals surface area contributed by atoms with Crippen LogP contribution in [0.2, 0.25) is 0 Å². The van der Waals surface area contributed by atoms with Crippen LogP contribution in [0.25, 0.3) is 0 Å². The Morgan fingerprint density at radius 3 is 2.53 bits per heavy atom. The molecule has 0 spiro atoms. The van der Waals surface area contributed by atoms with Gasteiger partial charge in [-0.3, -0.25) is 4.79 Å². The van der Waals surface area contributed by atoms with Gasteiger partial charge in [-0.25, -0.2) is 0 Å². The summed E-state index contributed by atoms with van der Waals surface area (Å²) in [5, 5.41) is 0. The van der Waals surface area contributed by atoms with E-state index in [1.807, 2.05) is 49.9 Å². The Morgan fingerprint density at radius 1 is 1.35 bits per heavy atom. The van der Waals surface area contributed by atoms with Gasteiger partial charge in [0, 0.05) is 18.2 Å². The first-order valence-electron chi connectivity index (χ1n) is 6.14. The largest absolute Gasteiger partial charge is 0.336 e. The Morgan fingerprint density at radius 2 is 2.00 bits per heavy atom. The first-order chi connectivity index (χ1) is 8.07. The number of nitrogens with zero attached hydrogens (tertiary/aromatic N) is 1. The first-order valence-corrected chi connectivity index (χ1v) is 6.14. The van der Waals surface area contributed by atoms with Crippen LogP contribution >= 0.6 is 0 Å². The molecular weight excluding hydrogens is 212 g/mol. The van der Waals surface area contributed by atoms with E-state index in [1.165, 1.54) is 0 Å². The van der Waals surface area contributed by atoms with Crippen LogP contribution in [0.4, 0.5) is 0 Å². The van der Waals surface area contributed by atoms with Crippen LogP contribution in [-0.2, 0) is 0 Å². The minimum absolute atomic E-state index is 0.103. The van der Waals surface area contributed by atoms with Crippen molar-refractivity contribution in [3.8, 4) is 0 Å². The highest BCUT2D eigenvalue weighted by atomic mass is 16.2. The Hall–Kier alpha value is -1.35. The number of nitrogens with two attached hydrogens (primary N) is 1. The van der Waals surface area contributed by atoms with Crippen LogP contribution < -0.4 is 5.73 Å². The predicted octanol–water partition coefficient (Wildman–Crippen LogP) is 2.19. The van der Waals surface area contributed by atoms with Gasteiger partial charge in [0.15, 0.2) is 0 Å². The van der Waals surface area contributed by atoms with Gasteiger partial charge in [-0.05, 0) is 45.4 Å². The van der Waals surface area contributed by atoms with E-state index in [0.29, 0.717) is 6.54 Å². The van der Waals surface area contributed by atoms with Crippen molar-refractivity contribution < 1.29 is 4.79 Å². The van der Waals surface area contributed by atoms with E-state index in [4.69, 9.17) is 5.73 Å². The molecule has 1 amide bonds. The molecule has 0 bridgehead atoms. The molecule has 0 atom stereocenters. The Kier molecular flexibility index (Phi) is 5.16. The van der Waals surface area contributed by atoms with Crippen LogP contribution in [0.1, 0.15) is 36.2 Å². The lowest BCUT2D eigenvalue weighted by Crippen LogP contribution is -2.38. The highest BCUT2D eigenvalue weighted by molar-refractivity contribution is 5.95. The fourth-order valence-electron chi connectivity index (χ4n) is 1.82. The van der Waals surface area contributed by atoms with E-state index in [1.54, 1.807) is 0 Å². The third-order valence-corrected chi connectivity index (χ3v) is 2.86. The first kappa shape index (κ1) is 13.7. The topological polar surface area (TPSA) is 46.3 Å². The Bertz CT molecular complexity index is 374. The van der Waals surface area contributed by atoms with Gasteiger partial charge in [-0.1, -0.05) is 18.2 Å². The van der Waals surface area contributed by atoms with Gasteiger partial charge < -0.3 is 10.6 Å². The molecule has 2 N–H and O–H groups in total. The minimum Gasteiger partial charge on any atom is -0.336 e. The second-order valence-corrected chi connectivity index (χ2v) is 4.55. The minimum atomic E-state index is 0.103. The highest BCUT2D eigenvalue weighted by Crippen LogP contribution is 2.13. The molecule has 0 heterocycles. The number of carbonyl (C=O) groups is 1. The Labute approximate surface area is 104 Å². The van der Waals surface area contributed by atoms with Crippen molar-refractivity contribution in [2.75, 3.05) is 13.1 Å². The van der Waals surface area contributed by atoms with Crippen molar-refractivity contribution in [2.45, 2.75) is 33.2 Å². The fourth-order valence-corrected chi connectivity index (χ4v) is 1.82. The van der Waals surface area contributed by atoms with Crippen LogP contribution in [0, 0.1) is 6.92 Å². The summed E-state index contributed by atoms with van der Waals surface area (Å²) >= 11 is 0. The van der Waals surface area contributed by atoms with E-state index in [9.17, 15) is 4.79 Å². The normalized spacial score (nSPS) is 10.6.